The van der Waals surface area contributed by atoms with Gasteiger partial charge in [-0.25, -0.2) is 0 Å². The summed E-state index contributed by atoms with van der Waals surface area (Å²) >= 11 is 0. The van der Waals surface area contributed by atoms with Crippen LogP contribution in [0, 0.1) is 11.8 Å². The van der Waals surface area contributed by atoms with Crippen molar-refractivity contribution in [3.05, 3.63) is 0 Å². The Morgan fingerprint density at radius 3 is 2.68 bits per heavy atom. The lowest BCUT2D eigenvalue weighted by atomic mass is 9.91. The molecular formula is C17H34N2. The molecule has 0 aromatic heterocycles. The van der Waals surface area contributed by atoms with Gasteiger partial charge in [-0.15, -0.1) is 0 Å². The Morgan fingerprint density at radius 1 is 1.16 bits per heavy atom. The summed E-state index contributed by atoms with van der Waals surface area (Å²) in [6.45, 7) is 9.91. The predicted octanol–water partition coefficient (Wildman–Crippen LogP) is 3.67. The fraction of sp³-hybridized carbons (Fsp3) is 1.00. The molecule has 112 valence electrons. The van der Waals surface area contributed by atoms with Crippen LogP contribution in [-0.2, 0) is 0 Å². The number of piperidine rings is 1. The summed E-state index contributed by atoms with van der Waals surface area (Å²) in [5.74, 6) is 1.91. The van der Waals surface area contributed by atoms with Crippen LogP contribution in [-0.4, -0.2) is 37.1 Å². The Morgan fingerprint density at radius 2 is 1.95 bits per heavy atom. The Balaban J connectivity index is 1.62. The molecule has 0 spiro atoms. The highest BCUT2D eigenvalue weighted by atomic mass is 15.1. The van der Waals surface area contributed by atoms with Gasteiger partial charge in [-0.05, 0) is 64.1 Å². The third-order valence-corrected chi connectivity index (χ3v) is 5.28. The van der Waals surface area contributed by atoms with Crippen LogP contribution in [0.1, 0.15) is 65.2 Å². The molecule has 0 aromatic rings. The number of nitrogens with one attached hydrogen (secondary N) is 1. The van der Waals surface area contributed by atoms with E-state index in [1.165, 1.54) is 77.5 Å². The maximum absolute atomic E-state index is 3.82. The van der Waals surface area contributed by atoms with Gasteiger partial charge in [0.2, 0.25) is 0 Å². The van der Waals surface area contributed by atoms with E-state index in [0.29, 0.717) is 6.04 Å². The second kappa shape index (κ2) is 8.26. The third-order valence-electron chi connectivity index (χ3n) is 5.28. The van der Waals surface area contributed by atoms with Crippen molar-refractivity contribution < 1.29 is 0 Å². The van der Waals surface area contributed by atoms with Crippen LogP contribution in [0.4, 0.5) is 0 Å². The predicted molar refractivity (Wildman–Crippen MR) is 83.5 cm³/mol. The molecule has 2 unspecified atom stereocenters. The first-order valence-corrected chi connectivity index (χ1v) is 8.75. The number of nitrogens with zero attached hydrogens (tertiary/aromatic N) is 1. The zero-order valence-electron chi connectivity index (χ0n) is 13.2. The average molecular weight is 266 g/mol. The number of hydrogen-bond acceptors (Lipinski definition) is 2. The summed E-state index contributed by atoms with van der Waals surface area (Å²) in [5, 5.41) is 3.82. The van der Waals surface area contributed by atoms with Gasteiger partial charge in [0, 0.05) is 12.6 Å². The van der Waals surface area contributed by atoms with E-state index in [1.54, 1.807) is 0 Å². The van der Waals surface area contributed by atoms with Crippen molar-refractivity contribution in [2.24, 2.45) is 11.8 Å². The van der Waals surface area contributed by atoms with Crippen molar-refractivity contribution in [2.75, 3.05) is 26.2 Å². The van der Waals surface area contributed by atoms with E-state index in [1.807, 2.05) is 0 Å². The first kappa shape index (κ1) is 15.3. The minimum Gasteiger partial charge on any atom is -0.314 e. The first-order valence-electron chi connectivity index (χ1n) is 8.75. The Kier molecular flexibility index (Phi) is 6.66. The zero-order chi connectivity index (χ0) is 13.5. The van der Waals surface area contributed by atoms with Crippen LogP contribution in [0.2, 0.25) is 0 Å². The van der Waals surface area contributed by atoms with Crippen LogP contribution in [0.15, 0.2) is 0 Å². The highest BCUT2D eigenvalue weighted by Crippen LogP contribution is 2.27. The van der Waals surface area contributed by atoms with E-state index in [9.17, 15) is 0 Å². The highest BCUT2D eigenvalue weighted by molar-refractivity contribution is 4.80. The molecule has 19 heavy (non-hydrogen) atoms. The van der Waals surface area contributed by atoms with Crippen LogP contribution in [0.5, 0.6) is 0 Å². The van der Waals surface area contributed by atoms with Crippen LogP contribution in [0.3, 0.4) is 0 Å². The first-order chi connectivity index (χ1) is 9.29. The van der Waals surface area contributed by atoms with E-state index in [2.05, 4.69) is 24.1 Å². The average Bonchev–Trinajstić information content (AvgIpc) is 2.92. The minimum absolute atomic E-state index is 0.709. The van der Waals surface area contributed by atoms with Gasteiger partial charge < -0.3 is 10.2 Å². The second-order valence-corrected chi connectivity index (χ2v) is 6.88. The SMILES string of the molecule is CCCN1CCCC(C(C)NCCC2CCCC2)C1. The molecule has 2 rings (SSSR count). The lowest BCUT2D eigenvalue weighted by molar-refractivity contribution is 0.150. The second-order valence-electron chi connectivity index (χ2n) is 6.88. The molecule has 0 radical (unpaired) electrons. The molecule has 0 aromatic carbocycles. The lowest BCUT2D eigenvalue weighted by Crippen LogP contribution is -2.45. The van der Waals surface area contributed by atoms with Gasteiger partial charge in [0.15, 0.2) is 0 Å². The topological polar surface area (TPSA) is 15.3 Å². The maximum Gasteiger partial charge on any atom is 0.00792 e. The van der Waals surface area contributed by atoms with Gasteiger partial charge >= 0.3 is 0 Å². The quantitative estimate of drug-likeness (QED) is 0.756. The molecule has 2 atom stereocenters. The van der Waals surface area contributed by atoms with E-state index in [4.69, 9.17) is 0 Å². The van der Waals surface area contributed by atoms with E-state index < -0.39 is 0 Å². The smallest absolute Gasteiger partial charge is 0.00792 e. The summed E-state index contributed by atoms with van der Waals surface area (Å²) in [7, 11) is 0. The van der Waals surface area contributed by atoms with E-state index >= 15 is 0 Å². The molecule has 1 aliphatic carbocycles. The maximum atomic E-state index is 3.82. The normalized spacial score (nSPS) is 27.8. The Bertz CT molecular complexity index is 233. The largest absolute Gasteiger partial charge is 0.314 e. The third kappa shape index (κ3) is 5.07. The van der Waals surface area contributed by atoms with E-state index in [0.717, 1.165) is 11.8 Å². The van der Waals surface area contributed by atoms with Crippen molar-refractivity contribution in [2.45, 2.75) is 71.3 Å². The molecule has 0 amide bonds. The molecule has 2 aliphatic rings. The van der Waals surface area contributed by atoms with Crippen molar-refractivity contribution in [1.82, 2.24) is 10.2 Å². The molecule has 1 saturated carbocycles. The van der Waals surface area contributed by atoms with Gasteiger partial charge in [-0.2, -0.15) is 0 Å². The standard InChI is InChI=1S/C17H34N2/c1-3-12-19-13-6-9-17(14-19)15(2)18-11-10-16-7-4-5-8-16/h15-18H,3-14H2,1-2H3. The van der Waals surface area contributed by atoms with Crippen LogP contribution < -0.4 is 5.32 Å². The molecule has 1 N–H and O–H groups in total. The van der Waals surface area contributed by atoms with E-state index in [-0.39, 0.29) is 0 Å². The Labute approximate surface area is 120 Å². The van der Waals surface area contributed by atoms with Gasteiger partial charge in [0.05, 0.1) is 0 Å². The fourth-order valence-corrected chi connectivity index (χ4v) is 4.00. The number of likely N-dealkylation sites (tertiary alicyclic amines) is 1. The fourth-order valence-electron chi connectivity index (χ4n) is 4.00. The van der Waals surface area contributed by atoms with Gasteiger partial charge in [0.25, 0.3) is 0 Å². The minimum atomic E-state index is 0.709. The van der Waals surface area contributed by atoms with Crippen molar-refractivity contribution in [3.8, 4) is 0 Å². The molecular weight excluding hydrogens is 232 g/mol. The van der Waals surface area contributed by atoms with Gasteiger partial charge in [-0.1, -0.05) is 32.6 Å². The molecule has 2 nitrogen and oxygen atoms in total. The van der Waals surface area contributed by atoms with Crippen molar-refractivity contribution in [1.29, 1.82) is 0 Å². The summed E-state index contributed by atoms with van der Waals surface area (Å²) < 4.78 is 0. The monoisotopic (exact) mass is 266 g/mol. The molecule has 1 saturated heterocycles. The highest BCUT2D eigenvalue weighted by Gasteiger charge is 2.24. The lowest BCUT2D eigenvalue weighted by Gasteiger charge is -2.36. The number of hydrogen-bond donors (Lipinski definition) is 1. The molecule has 2 heteroatoms. The van der Waals surface area contributed by atoms with Gasteiger partial charge in [0.1, 0.15) is 0 Å². The molecule has 1 heterocycles. The molecule has 1 aliphatic heterocycles. The van der Waals surface area contributed by atoms with Crippen LogP contribution in [0.25, 0.3) is 0 Å². The van der Waals surface area contributed by atoms with Crippen molar-refractivity contribution in [3.63, 3.8) is 0 Å². The van der Waals surface area contributed by atoms with Crippen molar-refractivity contribution >= 4 is 0 Å². The zero-order valence-corrected chi connectivity index (χ0v) is 13.2. The summed E-state index contributed by atoms with van der Waals surface area (Å²) in [5.41, 5.74) is 0. The summed E-state index contributed by atoms with van der Waals surface area (Å²) in [4.78, 5) is 2.67. The summed E-state index contributed by atoms with van der Waals surface area (Å²) in [6.07, 6.45) is 11.5. The Hall–Kier alpha value is -0.0800. The molecule has 2 fully saturated rings. The number of rotatable bonds is 7. The van der Waals surface area contributed by atoms with Crippen LogP contribution >= 0.6 is 0 Å². The molecule has 0 bridgehead atoms. The van der Waals surface area contributed by atoms with Gasteiger partial charge in [-0.3, -0.25) is 0 Å². The summed E-state index contributed by atoms with van der Waals surface area (Å²) in [6, 6.07) is 0.709.